The first-order valence-corrected chi connectivity index (χ1v) is 11.3. The molecule has 0 aliphatic heterocycles. The Morgan fingerprint density at radius 2 is 1.69 bits per heavy atom. The van der Waals surface area contributed by atoms with Gasteiger partial charge in [0.15, 0.2) is 0 Å². The summed E-state index contributed by atoms with van der Waals surface area (Å²) in [4.78, 5) is 29.5. The van der Waals surface area contributed by atoms with Gasteiger partial charge in [0, 0.05) is 51.7 Å². The van der Waals surface area contributed by atoms with E-state index >= 15 is 0 Å². The highest BCUT2D eigenvalue weighted by molar-refractivity contribution is 5.84. The third kappa shape index (κ3) is 9.97. The van der Waals surface area contributed by atoms with Crippen LogP contribution in [0.4, 0.5) is 0 Å². The predicted octanol–water partition coefficient (Wildman–Crippen LogP) is 3.99. The molecular weight excluding hydrogens is 366 g/mol. The number of hydrogen-bond donors (Lipinski definition) is 0. The highest BCUT2D eigenvalue weighted by Crippen LogP contribution is 2.10. The number of rotatable bonds is 16. The van der Waals surface area contributed by atoms with Gasteiger partial charge in [-0.05, 0) is 38.3 Å². The Morgan fingerprint density at radius 3 is 2.31 bits per heavy atom. The van der Waals surface area contributed by atoms with Crippen molar-refractivity contribution in [3.8, 4) is 0 Å². The minimum absolute atomic E-state index is 0.0277. The number of unbranched alkanes of at least 4 members (excludes halogenated alkanes) is 3. The molecule has 0 radical (unpaired) electrons. The Hall–Kier alpha value is -1.82. The summed E-state index contributed by atoms with van der Waals surface area (Å²) >= 11 is 0. The second kappa shape index (κ2) is 15.1. The van der Waals surface area contributed by atoms with Crippen molar-refractivity contribution < 1.29 is 14.3 Å². The average molecular weight is 408 g/mol. The molecule has 0 unspecified atom stereocenters. The number of aryl methyl sites for hydroxylation is 1. The summed E-state index contributed by atoms with van der Waals surface area (Å²) in [6, 6.07) is 4.04. The van der Waals surface area contributed by atoms with E-state index in [1.54, 1.807) is 4.90 Å². The topological polar surface area (TPSA) is 54.8 Å². The zero-order valence-corrected chi connectivity index (χ0v) is 19.0. The molecule has 0 aliphatic carbocycles. The summed E-state index contributed by atoms with van der Waals surface area (Å²) < 4.78 is 7.46. The molecular formula is C23H41N3O3. The SMILES string of the molecule is CCCCCC(=O)N(CCCOCC)CC(=O)N(CCCC)Cc1cccn1C. The zero-order valence-electron chi connectivity index (χ0n) is 19.0. The van der Waals surface area contributed by atoms with Crippen molar-refractivity contribution >= 4 is 11.8 Å². The van der Waals surface area contributed by atoms with Gasteiger partial charge in [0.1, 0.15) is 0 Å². The van der Waals surface area contributed by atoms with Gasteiger partial charge in [-0.15, -0.1) is 0 Å². The fraction of sp³-hybridized carbons (Fsp3) is 0.739. The van der Waals surface area contributed by atoms with E-state index in [1.807, 2.05) is 41.8 Å². The highest BCUT2D eigenvalue weighted by atomic mass is 16.5. The van der Waals surface area contributed by atoms with Crippen LogP contribution in [0.25, 0.3) is 0 Å². The fourth-order valence-corrected chi connectivity index (χ4v) is 3.24. The van der Waals surface area contributed by atoms with E-state index in [9.17, 15) is 9.59 Å². The Labute approximate surface area is 177 Å². The number of hydrogen-bond acceptors (Lipinski definition) is 3. The minimum Gasteiger partial charge on any atom is -0.382 e. The van der Waals surface area contributed by atoms with Crippen LogP contribution in [0.2, 0.25) is 0 Å². The van der Waals surface area contributed by atoms with Gasteiger partial charge in [-0.1, -0.05) is 33.1 Å². The van der Waals surface area contributed by atoms with Gasteiger partial charge in [0.2, 0.25) is 11.8 Å². The maximum atomic E-state index is 13.1. The number of amides is 2. The Kier molecular flexibility index (Phi) is 13.1. The zero-order chi connectivity index (χ0) is 21.5. The number of aromatic nitrogens is 1. The number of carbonyl (C=O) groups is 2. The van der Waals surface area contributed by atoms with Crippen molar-refractivity contribution in [1.82, 2.24) is 14.4 Å². The maximum absolute atomic E-state index is 13.1. The van der Waals surface area contributed by atoms with Gasteiger partial charge in [0.05, 0.1) is 13.1 Å². The summed E-state index contributed by atoms with van der Waals surface area (Å²) in [5, 5.41) is 0. The smallest absolute Gasteiger partial charge is 0.242 e. The van der Waals surface area contributed by atoms with Gasteiger partial charge in [0.25, 0.3) is 0 Å². The van der Waals surface area contributed by atoms with E-state index in [0.29, 0.717) is 32.7 Å². The van der Waals surface area contributed by atoms with E-state index < -0.39 is 0 Å². The highest BCUT2D eigenvalue weighted by Gasteiger charge is 2.21. The fourth-order valence-electron chi connectivity index (χ4n) is 3.24. The third-order valence-corrected chi connectivity index (χ3v) is 5.13. The quantitative estimate of drug-likeness (QED) is 0.389. The number of ether oxygens (including phenoxy) is 1. The molecule has 2 amide bonds. The van der Waals surface area contributed by atoms with Crippen LogP contribution in [0.15, 0.2) is 18.3 Å². The van der Waals surface area contributed by atoms with Crippen molar-refractivity contribution in [1.29, 1.82) is 0 Å². The van der Waals surface area contributed by atoms with Crippen molar-refractivity contribution in [2.45, 2.75) is 72.3 Å². The molecule has 0 spiro atoms. The molecule has 6 nitrogen and oxygen atoms in total. The average Bonchev–Trinajstić information content (AvgIpc) is 3.11. The van der Waals surface area contributed by atoms with Gasteiger partial charge in [-0.25, -0.2) is 0 Å². The summed E-state index contributed by atoms with van der Waals surface area (Å²) in [6.07, 6.45) is 8.27. The van der Waals surface area contributed by atoms with Crippen LogP contribution in [-0.2, 0) is 27.9 Å². The molecule has 0 bridgehead atoms. The monoisotopic (exact) mass is 407 g/mol. The predicted molar refractivity (Wildman–Crippen MR) is 118 cm³/mol. The molecule has 0 fully saturated rings. The van der Waals surface area contributed by atoms with E-state index in [1.165, 1.54) is 0 Å². The van der Waals surface area contributed by atoms with Crippen LogP contribution in [0.1, 0.15) is 71.4 Å². The van der Waals surface area contributed by atoms with Crippen LogP contribution in [0.5, 0.6) is 0 Å². The molecule has 1 heterocycles. The van der Waals surface area contributed by atoms with E-state index in [-0.39, 0.29) is 18.4 Å². The molecule has 0 saturated heterocycles. The molecule has 0 aliphatic rings. The van der Waals surface area contributed by atoms with Gasteiger partial charge in [-0.2, -0.15) is 0 Å². The molecule has 0 aromatic carbocycles. The van der Waals surface area contributed by atoms with Crippen LogP contribution in [0.3, 0.4) is 0 Å². The summed E-state index contributed by atoms with van der Waals surface area (Å²) in [5.41, 5.74) is 1.10. The first-order chi connectivity index (χ1) is 14.0. The lowest BCUT2D eigenvalue weighted by Crippen LogP contribution is -2.43. The summed E-state index contributed by atoms with van der Waals surface area (Å²) in [6.45, 7) is 9.54. The van der Waals surface area contributed by atoms with Crippen LogP contribution in [-0.4, -0.2) is 59.0 Å². The Balaban J connectivity index is 2.76. The molecule has 6 heteroatoms. The molecule has 29 heavy (non-hydrogen) atoms. The molecule has 166 valence electrons. The molecule has 0 atom stereocenters. The van der Waals surface area contributed by atoms with Crippen molar-refractivity contribution in [2.24, 2.45) is 7.05 Å². The van der Waals surface area contributed by atoms with Crippen LogP contribution in [0, 0.1) is 0 Å². The molecule has 1 aromatic rings. The maximum Gasteiger partial charge on any atom is 0.242 e. The van der Waals surface area contributed by atoms with E-state index in [2.05, 4.69) is 13.8 Å². The van der Waals surface area contributed by atoms with E-state index in [4.69, 9.17) is 4.74 Å². The largest absolute Gasteiger partial charge is 0.382 e. The second-order valence-electron chi connectivity index (χ2n) is 7.60. The number of carbonyl (C=O) groups excluding carboxylic acids is 2. The lowest BCUT2D eigenvalue weighted by molar-refractivity contribution is -0.141. The molecule has 1 rings (SSSR count). The lowest BCUT2D eigenvalue weighted by Gasteiger charge is -2.28. The van der Waals surface area contributed by atoms with Gasteiger partial charge in [-0.3, -0.25) is 9.59 Å². The van der Waals surface area contributed by atoms with Crippen LogP contribution < -0.4 is 0 Å². The number of nitrogens with zero attached hydrogens (tertiary/aromatic N) is 3. The van der Waals surface area contributed by atoms with E-state index in [0.717, 1.165) is 50.8 Å². The molecule has 1 aromatic heterocycles. The van der Waals surface area contributed by atoms with Crippen molar-refractivity contribution in [3.63, 3.8) is 0 Å². The Bertz CT molecular complexity index is 586. The first kappa shape index (κ1) is 25.2. The minimum atomic E-state index is 0.0277. The Morgan fingerprint density at radius 1 is 0.966 bits per heavy atom. The second-order valence-corrected chi connectivity index (χ2v) is 7.60. The molecule has 0 N–H and O–H groups in total. The first-order valence-electron chi connectivity index (χ1n) is 11.3. The third-order valence-electron chi connectivity index (χ3n) is 5.13. The van der Waals surface area contributed by atoms with Crippen molar-refractivity contribution in [3.05, 3.63) is 24.0 Å². The normalized spacial score (nSPS) is 10.9. The van der Waals surface area contributed by atoms with Crippen LogP contribution >= 0.6 is 0 Å². The standard InChI is InChI=1S/C23H41N3O3/c1-5-8-10-14-22(27)26(17-12-18-29-7-3)20-23(28)25(16-9-6-2)19-21-13-11-15-24(21)4/h11,13,15H,5-10,12,14,16-20H2,1-4H3. The van der Waals surface area contributed by atoms with Gasteiger partial charge >= 0.3 is 0 Å². The van der Waals surface area contributed by atoms with Gasteiger partial charge < -0.3 is 19.1 Å². The van der Waals surface area contributed by atoms with Crippen molar-refractivity contribution in [2.75, 3.05) is 32.8 Å². The lowest BCUT2D eigenvalue weighted by atomic mass is 10.2. The molecule has 0 saturated carbocycles. The summed E-state index contributed by atoms with van der Waals surface area (Å²) in [5.74, 6) is 0.109. The summed E-state index contributed by atoms with van der Waals surface area (Å²) in [7, 11) is 2.00.